The molecule has 4 nitrogen and oxygen atoms in total. The number of carbonyl (C=O) groups excluding carboxylic acids is 1. The number of nitrogens with zero attached hydrogens (tertiary/aromatic N) is 1. The number of nitriles is 1. The normalized spacial score (nSPS) is 13.7. The third-order valence-electron chi connectivity index (χ3n) is 2.86. The van der Waals surface area contributed by atoms with Crippen molar-refractivity contribution >= 4 is 11.6 Å². The Labute approximate surface area is 101 Å². The van der Waals surface area contributed by atoms with Crippen LogP contribution in [0.25, 0.3) is 0 Å². The third-order valence-corrected chi connectivity index (χ3v) is 2.86. The molecule has 0 saturated carbocycles. The van der Waals surface area contributed by atoms with Gasteiger partial charge < -0.3 is 10.6 Å². The lowest BCUT2D eigenvalue weighted by Gasteiger charge is -2.17. The van der Waals surface area contributed by atoms with Crippen LogP contribution < -0.4 is 10.6 Å². The minimum atomic E-state index is 0.0981. The van der Waals surface area contributed by atoms with E-state index in [0.29, 0.717) is 13.0 Å². The van der Waals surface area contributed by atoms with Gasteiger partial charge >= 0.3 is 0 Å². The molecule has 0 bridgehead atoms. The molecule has 0 spiro atoms. The number of benzene rings is 1. The second-order valence-corrected chi connectivity index (χ2v) is 4.12. The van der Waals surface area contributed by atoms with Gasteiger partial charge in [-0.05, 0) is 30.0 Å². The number of carbonyl (C=O) groups is 1. The lowest BCUT2D eigenvalue weighted by molar-refractivity contribution is -0.116. The number of rotatable bonds is 4. The maximum atomic E-state index is 11.2. The van der Waals surface area contributed by atoms with Gasteiger partial charge in [0.2, 0.25) is 5.91 Å². The Bertz CT molecular complexity index is 462. The van der Waals surface area contributed by atoms with Crippen LogP contribution in [-0.2, 0) is 17.6 Å². The van der Waals surface area contributed by atoms with Gasteiger partial charge in [-0.3, -0.25) is 4.79 Å². The number of fused-ring (bicyclic) bond motifs is 1. The first-order chi connectivity index (χ1) is 8.29. The van der Waals surface area contributed by atoms with Crippen LogP contribution in [0.4, 0.5) is 5.69 Å². The largest absolute Gasteiger partial charge is 0.326 e. The highest BCUT2D eigenvalue weighted by molar-refractivity contribution is 5.93. The van der Waals surface area contributed by atoms with E-state index in [1.807, 2.05) is 12.1 Å². The topological polar surface area (TPSA) is 64.9 Å². The van der Waals surface area contributed by atoms with Gasteiger partial charge in [0.05, 0.1) is 12.6 Å². The number of hydrogen-bond donors (Lipinski definition) is 2. The minimum absolute atomic E-state index is 0.0981. The van der Waals surface area contributed by atoms with E-state index < -0.39 is 0 Å². The van der Waals surface area contributed by atoms with E-state index >= 15 is 0 Å². The summed E-state index contributed by atoms with van der Waals surface area (Å²) in [5.74, 6) is 0.0981. The van der Waals surface area contributed by atoms with Gasteiger partial charge in [-0.2, -0.15) is 5.26 Å². The van der Waals surface area contributed by atoms with Crippen molar-refractivity contribution in [3.8, 4) is 6.07 Å². The Morgan fingerprint density at radius 3 is 3.12 bits per heavy atom. The van der Waals surface area contributed by atoms with E-state index in [4.69, 9.17) is 5.26 Å². The van der Waals surface area contributed by atoms with Gasteiger partial charge in [0.15, 0.2) is 0 Å². The van der Waals surface area contributed by atoms with E-state index in [1.54, 1.807) is 0 Å². The zero-order valence-electron chi connectivity index (χ0n) is 9.62. The van der Waals surface area contributed by atoms with E-state index in [9.17, 15) is 4.79 Å². The molecule has 1 heterocycles. The van der Waals surface area contributed by atoms with E-state index in [-0.39, 0.29) is 5.91 Å². The summed E-state index contributed by atoms with van der Waals surface area (Å²) in [5.41, 5.74) is 3.39. The SMILES string of the molecule is N#CCNCCc1ccc2c(c1)CCC(=O)N2. The minimum Gasteiger partial charge on any atom is -0.326 e. The van der Waals surface area contributed by atoms with Crippen LogP contribution in [-0.4, -0.2) is 19.0 Å². The zero-order valence-corrected chi connectivity index (χ0v) is 9.62. The van der Waals surface area contributed by atoms with Crippen LogP contribution >= 0.6 is 0 Å². The molecule has 1 aliphatic heterocycles. The molecular weight excluding hydrogens is 214 g/mol. The molecule has 1 aromatic rings. The van der Waals surface area contributed by atoms with Crippen molar-refractivity contribution in [2.75, 3.05) is 18.4 Å². The number of anilines is 1. The zero-order chi connectivity index (χ0) is 12.1. The Kier molecular flexibility index (Phi) is 3.73. The van der Waals surface area contributed by atoms with Crippen LogP contribution in [0.3, 0.4) is 0 Å². The highest BCUT2D eigenvalue weighted by Gasteiger charge is 2.14. The number of amides is 1. The Morgan fingerprint density at radius 1 is 1.41 bits per heavy atom. The van der Waals surface area contributed by atoms with Gasteiger partial charge in [0, 0.05) is 18.7 Å². The standard InChI is InChI=1S/C13H15N3O/c14-6-8-15-7-5-10-1-3-12-11(9-10)2-4-13(17)16-12/h1,3,9,15H,2,4-5,7-8H2,(H,16,17). The molecular formula is C13H15N3O. The molecule has 2 N–H and O–H groups in total. The lowest BCUT2D eigenvalue weighted by atomic mass is 9.99. The summed E-state index contributed by atoms with van der Waals surface area (Å²) in [5, 5.41) is 14.3. The molecule has 0 unspecified atom stereocenters. The summed E-state index contributed by atoms with van der Waals surface area (Å²) in [4.78, 5) is 11.2. The lowest BCUT2D eigenvalue weighted by Crippen LogP contribution is -2.20. The number of nitrogens with one attached hydrogen (secondary N) is 2. The maximum absolute atomic E-state index is 11.2. The third kappa shape index (κ3) is 3.05. The fourth-order valence-electron chi connectivity index (χ4n) is 1.97. The Morgan fingerprint density at radius 2 is 2.29 bits per heavy atom. The maximum Gasteiger partial charge on any atom is 0.224 e. The van der Waals surface area contributed by atoms with Crippen molar-refractivity contribution in [1.82, 2.24) is 5.32 Å². The predicted molar refractivity (Wildman–Crippen MR) is 65.6 cm³/mol. The van der Waals surface area contributed by atoms with E-state index in [0.717, 1.165) is 25.1 Å². The van der Waals surface area contributed by atoms with Crippen LogP contribution in [0.15, 0.2) is 18.2 Å². The van der Waals surface area contributed by atoms with Crippen LogP contribution in [0.2, 0.25) is 0 Å². The van der Waals surface area contributed by atoms with Crippen molar-refractivity contribution < 1.29 is 4.79 Å². The molecule has 0 aromatic heterocycles. The number of hydrogen-bond acceptors (Lipinski definition) is 3. The molecule has 0 aliphatic carbocycles. The highest BCUT2D eigenvalue weighted by Crippen LogP contribution is 2.23. The molecule has 1 aromatic carbocycles. The molecule has 2 rings (SSSR count). The fraction of sp³-hybridized carbons (Fsp3) is 0.385. The predicted octanol–water partition coefficient (Wildman–Crippen LogP) is 1.23. The summed E-state index contributed by atoms with van der Waals surface area (Å²) < 4.78 is 0. The molecule has 17 heavy (non-hydrogen) atoms. The summed E-state index contributed by atoms with van der Waals surface area (Å²) in [7, 11) is 0. The van der Waals surface area contributed by atoms with Gasteiger partial charge in [0.25, 0.3) is 0 Å². The summed E-state index contributed by atoms with van der Waals surface area (Å²) in [6.07, 6.45) is 2.30. The molecule has 4 heteroatoms. The molecule has 0 saturated heterocycles. The smallest absolute Gasteiger partial charge is 0.224 e. The Balaban J connectivity index is 1.97. The van der Waals surface area contributed by atoms with Crippen LogP contribution in [0.1, 0.15) is 17.5 Å². The summed E-state index contributed by atoms with van der Waals surface area (Å²) in [6.45, 7) is 1.19. The van der Waals surface area contributed by atoms with Crippen molar-refractivity contribution in [3.63, 3.8) is 0 Å². The average molecular weight is 229 g/mol. The quantitative estimate of drug-likeness (QED) is 0.603. The molecule has 0 atom stereocenters. The van der Waals surface area contributed by atoms with Crippen LogP contribution in [0, 0.1) is 11.3 Å². The van der Waals surface area contributed by atoms with Crippen molar-refractivity contribution in [2.45, 2.75) is 19.3 Å². The monoisotopic (exact) mass is 229 g/mol. The summed E-state index contributed by atoms with van der Waals surface area (Å²) in [6, 6.07) is 8.18. The highest BCUT2D eigenvalue weighted by atomic mass is 16.1. The second-order valence-electron chi connectivity index (χ2n) is 4.12. The summed E-state index contributed by atoms with van der Waals surface area (Å²) >= 11 is 0. The molecule has 88 valence electrons. The average Bonchev–Trinajstić information content (AvgIpc) is 2.35. The second kappa shape index (κ2) is 5.46. The van der Waals surface area contributed by atoms with Gasteiger partial charge in [0.1, 0.15) is 0 Å². The van der Waals surface area contributed by atoms with Crippen molar-refractivity contribution in [3.05, 3.63) is 29.3 Å². The van der Waals surface area contributed by atoms with Gasteiger partial charge in [-0.15, -0.1) is 0 Å². The first-order valence-electron chi connectivity index (χ1n) is 5.79. The molecule has 0 fully saturated rings. The van der Waals surface area contributed by atoms with E-state index in [1.165, 1.54) is 11.1 Å². The van der Waals surface area contributed by atoms with Crippen LogP contribution in [0.5, 0.6) is 0 Å². The first-order valence-corrected chi connectivity index (χ1v) is 5.79. The van der Waals surface area contributed by atoms with E-state index in [2.05, 4.69) is 22.8 Å². The molecule has 1 aliphatic rings. The Hall–Kier alpha value is -1.86. The first kappa shape index (κ1) is 11.6. The molecule has 1 amide bonds. The number of aryl methyl sites for hydroxylation is 1. The fourth-order valence-corrected chi connectivity index (χ4v) is 1.97. The van der Waals surface area contributed by atoms with Gasteiger partial charge in [-0.25, -0.2) is 0 Å². The van der Waals surface area contributed by atoms with Crippen molar-refractivity contribution in [2.24, 2.45) is 0 Å². The van der Waals surface area contributed by atoms with Crippen molar-refractivity contribution in [1.29, 1.82) is 5.26 Å². The van der Waals surface area contributed by atoms with Gasteiger partial charge in [-0.1, -0.05) is 12.1 Å². The molecule has 0 radical (unpaired) electrons.